The van der Waals surface area contributed by atoms with E-state index in [9.17, 15) is 4.57 Å². The minimum Gasteiger partial charge on any atom is -0.311 e. The van der Waals surface area contributed by atoms with Crippen molar-refractivity contribution in [2.45, 2.75) is 36.3 Å². The third-order valence-electron chi connectivity index (χ3n) is 3.25. The van der Waals surface area contributed by atoms with Crippen LogP contribution in [-0.2, 0) is 13.6 Å². The first-order valence-corrected chi connectivity index (χ1v) is 7.87. The smallest absolute Gasteiger partial charge is 0.311 e. The molecule has 1 saturated carbocycles. The van der Waals surface area contributed by atoms with Crippen molar-refractivity contribution in [3.05, 3.63) is 0 Å². The molecule has 88 valence electrons. The molecule has 0 unspecified atom stereocenters. The van der Waals surface area contributed by atoms with Crippen molar-refractivity contribution in [2.75, 3.05) is 20.0 Å². The summed E-state index contributed by atoms with van der Waals surface area (Å²) in [5.41, 5.74) is 0. The van der Waals surface area contributed by atoms with Gasteiger partial charge in [-0.05, 0) is 12.8 Å². The molecule has 0 aromatic heterocycles. The van der Waals surface area contributed by atoms with E-state index in [1.54, 1.807) is 0 Å². The first-order valence-electron chi connectivity index (χ1n) is 5.27. The minimum atomic E-state index is -2.94. The van der Waals surface area contributed by atoms with E-state index in [1.807, 2.05) is 11.8 Å². The zero-order valence-electron chi connectivity index (χ0n) is 9.19. The van der Waals surface area contributed by atoms with Crippen LogP contribution < -0.4 is 5.32 Å². The van der Waals surface area contributed by atoms with Gasteiger partial charge < -0.3 is 9.05 Å². The van der Waals surface area contributed by atoms with Crippen molar-refractivity contribution < 1.29 is 13.6 Å². The molecule has 1 aliphatic carbocycles. The largest absolute Gasteiger partial charge is 0.347 e. The Morgan fingerprint density at radius 3 is 2.47 bits per heavy atom. The van der Waals surface area contributed by atoms with Gasteiger partial charge in [-0.3, -0.25) is 9.88 Å². The first-order chi connectivity index (χ1) is 7.14. The highest BCUT2D eigenvalue weighted by atomic mass is 32.2. The third-order valence-corrected chi connectivity index (χ3v) is 7.17. The van der Waals surface area contributed by atoms with Crippen LogP contribution in [0.15, 0.2) is 0 Å². The lowest BCUT2D eigenvalue weighted by Gasteiger charge is -2.26. The number of rotatable bonds is 3. The van der Waals surface area contributed by atoms with E-state index < -0.39 is 7.60 Å². The molecule has 0 bridgehead atoms. The van der Waals surface area contributed by atoms with Crippen molar-refractivity contribution in [1.29, 1.82) is 0 Å². The Bertz CT molecular complexity index is 273. The molecule has 2 aliphatic rings. The van der Waals surface area contributed by atoms with E-state index in [0.717, 1.165) is 5.75 Å². The Labute approximate surface area is 95.0 Å². The number of hydrogen-bond acceptors (Lipinski definition) is 5. The van der Waals surface area contributed by atoms with Crippen LogP contribution in [0.4, 0.5) is 0 Å². The molecular weight excluding hydrogens is 233 g/mol. The Kier molecular flexibility index (Phi) is 3.48. The molecule has 0 radical (unpaired) electrons. The van der Waals surface area contributed by atoms with Crippen LogP contribution >= 0.6 is 19.4 Å². The van der Waals surface area contributed by atoms with E-state index in [1.165, 1.54) is 39.9 Å². The van der Waals surface area contributed by atoms with Crippen molar-refractivity contribution in [3.63, 3.8) is 0 Å². The lowest BCUT2D eigenvalue weighted by molar-refractivity contribution is 0.259. The van der Waals surface area contributed by atoms with Crippen LogP contribution in [0.1, 0.15) is 25.7 Å². The molecule has 1 atom stereocenters. The zero-order chi connectivity index (χ0) is 10.9. The monoisotopic (exact) mass is 251 g/mol. The zero-order valence-corrected chi connectivity index (χ0v) is 10.9. The van der Waals surface area contributed by atoms with Gasteiger partial charge in [0.25, 0.3) is 0 Å². The molecule has 1 aliphatic heterocycles. The number of thioether (sulfide) groups is 1. The highest BCUT2D eigenvalue weighted by Gasteiger charge is 2.48. The van der Waals surface area contributed by atoms with Gasteiger partial charge in [0.1, 0.15) is 5.78 Å². The average molecular weight is 251 g/mol. The van der Waals surface area contributed by atoms with Gasteiger partial charge in [0.05, 0.1) is 4.87 Å². The highest BCUT2D eigenvalue weighted by Crippen LogP contribution is 2.57. The second kappa shape index (κ2) is 4.38. The van der Waals surface area contributed by atoms with Crippen LogP contribution in [0.3, 0.4) is 0 Å². The summed E-state index contributed by atoms with van der Waals surface area (Å²) >= 11 is 1.87. The summed E-state index contributed by atoms with van der Waals surface area (Å²) in [7, 11) is -0.0300. The Hall–Kier alpha value is 0.460. The molecule has 2 fully saturated rings. The van der Waals surface area contributed by atoms with E-state index in [0.29, 0.717) is 0 Å². The lowest BCUT2D eigenvalue weighted by atomic mass is 10.2. The van der Waals surface area contributed by atoms with Crippen LogP contribution in [-0.4, -0.2) is 30.6 Å². The first kappa shape index (κ1) is 11.9. The number of hydrogen-bond donors (Lipinski definition) is 1. The second-order valence-corrected chi connectivity index (χ2v) is 7.91. The summed E-state index contributed by atoms with van der Waals surface area (Å²) in [5.74, 6) is 0.675. The van der Waals surface area contributed by atoms with E-state index in [2.05, 4.69) is 5.32 Å². The Morgan fingerprint density at radius 1 is 1.33 bits per heavy atom. The molecule has 6 heteroatoms. The van der Waals surface area contributed by atoms with Gasteiger partial charge in [-0.15, -0.1) is 11.8 Å². The summed E-state index contributed by atoms with van der Waals surface area (Å²) < 4.78 is 22.2. The topological polar surface area (TPSA) is 47.6 Å². The second-order valence-electron chi connectivity index (χ2n) is 4.08. The molecule has 0 aromatic rings. The van der Waals surface area contributed by atoms with Gasteiger partial charge >= 0.3 is 7.60 Å². The molecule has 1 N–H and O–H groups in total. The summed E-state index contributed by atoms with van der Waals surface area (Å²) in [6, 6.07) is 0. The average Bonchev–Trinajstić information content (AvgIpc) is 2.89. The molecule has 2 rings (SSSR count). The van der Waals surface area contributed by atoms with Crippen LogP contribution in [0.2, 0.25) is 0 Å². The van der Waals surface area contributed by atoms with E-state index in [-0.39, 0.29) is 10.7 Å². The summed E-state index contributed by atoms with van der Waals surface area (Å²) in [6.45, 7) is 0. The lowest BCUT2D eigenvalue weighted by Crippen LogP contribution is -2.39. The SMILES string of the molecule is COP(=O)(OC)[C@H]1CSC2(CCCC2)N1. The van der Waals surface area contributed by atoms with Crippen molar-refractivity contribution >= 4 is 19.4 Å². The van der Waals surface area contributed by atoms with Crippen molar-refractivity contribution in [3.8, 4) is 0 Å². The van der Waals surface area contributed by atoms with Crippen LogP contribution in [0.5, 0.6) is 0 Å². The maximum absolute atomic E-state index is 12.2. The highest BCUT2D eigenvalue weighted by molar-refractivity contribution is 8.01. The van der Waals surface area contributed by atoms with Gasteiger partial charge in [0.15, 0.2) is 0 Å². The fourth-order valence-electron chi connectivity index (χ4n) is 2.36. The molecule has 1 spiro atoms. The van der Waals surface area contributed by atoms with E-state index >= 15 is 0 Å². The van der Waals surface area contributed by atoms with Gasteiger partial charge in [-0.1, -0.05) is 12.8 Å². The third kappa shape index (κ3) is 2.13. The molecule has 15 heavy (non-hydrogen) atoms. The standard InChI is InChI=1S/C9H18NO3PS/c1-12-14(11,13-2)8-7-15-9(10-8)5-3-4-6-9/h8,10H,3-7H2,1-2H3/t8-/m0/s1. The van der Waals surface area contributed by atoms with Gasteiger partial charge in [-0.25, -0.2) is 0 Å². The summed E-state index contributed by atoms with van der Waals surface area (Å²) in [5, 5.41) is 3.46. The molecular formula is C9H18NO3PS. The van der Waals surface area contributed by atoms with Crippen LogP contribution in [0, 0.1) is 0 Å². The predicted molar refractivity (Wildman–Crippen MR) is 62.2 cm³/mol. The maximum atomic E-state index is 12.2. The Balaban J connectivity index is 2.06. The summed E-state index contributed by atoms with van der Waals surface area (Å²) in [4.78, 5) is 0.150. The predicted octanol–water partition coefficient (Wildman–Crippen LogP) is 2.41. The number of nitrogens with one attached hydrogen (secondary N) is 1. The van der Waals surface area contributed by atoms with Gasteiger partial charge in [0, 0.05) is 20.0 Å². The normalized spacial score (nSPS) is 30.1. The molecule has 1 saturated heterocycles. The van der Waals surface area contributed by atoms with Crippen molar-refractivity contribution in [1.82, 2.24) is 5.32 Å². The molecule has 1 heterocycles. The molecule has 0 amide bonds. The van der Waals surface area contributed by atoms with E-state index in [4.69, 9.17) is 9.05 Å². The fraction of sp³-hybridized carbons (Fsp3) is 1.00. The van der Waals surface area contributed by atoms with Crippen molar-refractivity contribution in [2.24, 2.45) is 0 Å². The molecule has 0 aromatic carbocycles. The van der Waals surface area contributed by atoms with Gasteiger partial charge in [-0.2, -0.15) is 0 Å². The Morgan fingerprint density at radius 2 is 1.93 bits per heavy atom. The summed E-state index contributed by atoms with van der Waals surface area (Å²) in [6.07, 6.45) is 4.86. The van der Waals surface area contributed by atoms with Gasteiger partial charge in [0.2, 0.25) is 0 Å². The maximum Gasteiger partial charge on any atom is 0.347 e. The quantitative estimate of drug-likeness (QED) is 0.780. The minimum absolute atomic E-state index is 0.143. The fourth-order valence-corrected chi connectivity index (χ4v) is 5.83. The van der Waals surface area contributed by atoms with Crippen LogP contribution in [0.25, 0.3) is 0 Å². The molecule has 4 nitrogen and oxygen atoms in total.